The third-order valence-electron chi connectivity index (χ3n) is 3.92. The van der Waals surface area contributed by atoms with Gasteiger partial charge in [0.05, 0.1) is 12.1 Å². The number of aliphatic hydroxyl groups excluding tert-OH is 1. The Kier molecular flexibility index (Phi) is 2.96. The third-order valence-corrected chi connectivity index (χ3v) is 3.92. The van der Waals surface area contributed by atoms with E-state index in [1.165, 1.54) is 0 Å². The Balaban J connectivity index is 1.60. The molecule has 4 nitrogen and oxygen atoms in total. The number of carbonyl (C=O) groups is 1. The minimum Gasteiger partial charge on any atom is -0.445 e. The summed E-state index contributed by atoms with van der Waals surface area (Å²) in [6.07, 6.45) is 1.93. The Morgan fingerprint density at radius 1 is 1.33 bits per heavy atom. The van der Waals surface area contributed by atoms with E-state index >= 15 is 0 Å². The third kappa shape index (κ3) is 1.97. The molecule has 2 heterocycles. The van der Waals surface area contributed by atoms with Gasteiger partial charge in [-0.2, -0.15) is 0 Å². The van der Waals surface area contributed by atoms with Crippen molar-refractivity contribution in [2.24, 2.45) is 0 Å². The Labute approximate surface area is 106 Å². The monoisotopic (exact) mass is 247 g/mol. The number of carbonyl (C=O) groups excluding carboxylic acids is 1. The molecule has 0 aliphatic carbocycles. The molecule has 2 bridgehead atoms. The Hall–Kier alpha value is -1.55. The highest BCUT2D eigenvalue weighted by Gasteiger charge is 2.48. The lowest BCUT2D eigenvalue weighted by Crippen LogP contribution is -2.37. The van der Waals surface area contributed by atoms with E-state index in [0.717, 1.165) is 18.4 Å². The smallest absolute Gasteiger partial charge is 0.410 e. The molecule has 3 atom stereocenters. The largest absolute Gasteiger partial charge is 0.445 e. The number of benzene rings is 1. The van der Waals surface area contributed by atoms with Crippen LogP contribution in [-0.2, 0) is 11.3 Å². The van der Waals surface area contributed by atoms with E-state index in [-0.39, 0.29) is 24.3 Å². The zero-order valence-electron chi connectivity index (χ0n) is 10.2. The zero-order valence-corrected chi connectivity index (χ0v) is 10.2. The van der Waals surface area contributed by atoms with Gasteiger partial charge in [0, 0.05) is 6.04 Å². The maximum Gasteiger partial charge on any atom is 0.410 e. The summed E-state index contributed by atoms with van der Waals surface area (Å²) < 4.78 is 5.32. The van der Waals surface area contributed by atoms with Crippen molar-refractivity contribution < 1.29 is 14.6 Å². The first kappa shape index (κ1) is 11.5. The maximum atomic E-state index is 12.0. The van der Waals surface area contributed by atoms with E-state index in [0.29, 0.717) is 13.0 Å². The van der Waals surface area contributed by atoms with Gasteiger partial charge in [0.2, 0.25) is 0 Å². The Bertz CT molecular complexity index is 434. The highest BCUT2D eigenvalue weighted by Crippen LogP contribution is 2.38. The van der Waals surface area contributed by atoms with Crippen LogP contribution in [0.1, 0.15) is 24.8 Å². The average molecular weight is 247 g/mol. The molecular weight excluding hydrogens is 230 g/mol. The molecule has 0 unspecified atom stereocenters. The second-order valence-electron chi connectivity index (χ2n) is 5.05. The molecule has 3 rings (SSSR count). The quantitative estimate of drug-likeness (QED) is 0.868. The molecular formula is C14H17NO3. The number of ether oxygens (including phenoxy) is 1. The summed E-state index contributed by atoms with van der Waals surface area (Å²) in [7, 11) is 0. The fourth-order valence-electron chi connectivity index (χ4n) is 3.04. The summed E-state index contributed by atoms with van der Waals surface area (Å²) in [4.78, 5) is 13.7. The number of nitrogens with zero attached hydrogens (tertiary/aromatic N) is 1. The van der Waals surface area contributed by atoms with Gasteiger partial charge in [0.1, 0.15) is 6.61 Å². The summed E-state index contributed by atoms with van der Waals surface area (Å²) in [6.45, 7) is 0.297. The molecule has 0 saturated carbocycles. The normalized spacial score (nSPS) is 29.6. The topological polar surface area (TPSA) is 49.8 Å². The van der Waals surface area contributed by atoms with Crippen LogP contribution in [0.2, 0.25) is 0 Å². The van der Waals surface area contributed by atoms with Crippen LogP contribution in [0.25, 0.3) is 0 Å². The molecule has 96 valence electrons. The predicted molar refractivity (Wildman–Crippen MR) is 65.9 cm³/mol. The van der Waals surface area contributed by atoms with Gasteiger partial charge in [-0.3, -0.25) is 4.90 Å². The first-order valence-corrected chi connectivity index (χ1v) is 6.43. The van der Waals surface area contributed by atoms with Crippen LogP contribution in [0, 0.1) is 0 Å². The van der Waals surface area contributed by atoms with Crippen LogP contribution in [0.15, 0.2) is 30.3 Å². The first-order valence-electron chi connectivity index (χ1n) is 6.43. The lowest BCUT2D eigenvalue weighted by Gasteiger charge is -2.21. The molecule has 1 N–H and O–H groups in total. The van der Waals surface area contributed by atoms with E-state index in [2.05, 4.69) is 0 Å². The molecule has 2 saturated heterocycles. The zero-order chi connectivity index (χ0) is 12.5. The van der Waals surface area contributed by atoms with Crippen LogP contribution in [-0.4, -0.2) is 34.3 Å². The molecule has 2 aliphatic rings. The highest BCUT2D eigenvalue weighted by atomic mass is 16.6. The molecule has 2 aliphatic heterocycles. The summed E-state index contributed by atoms with van der Waals surface area (Å²) in [5.74, 6) is 0. The molecule has 1 aromatic carbocycles. The summed E-state index contributed by atoms with van der Waals surface area (Å²) >= 11 is 0. The van der Waals surface area contributed by atoms with Crippen molar-refractivity contribution in [2.45, 2.75) is 44.1 Å². The average Bonchev–Trinajstić information content (AvgIpc) is 2.94. The fourth-order valence-corrected chi connectivity index (χ4v) is 3.04. The molecule has 1 aromatic rings. The lowest BCUT2D eigenvalue weighted by atomic mass is 9.98. The van der Waals surface area contributed by atoms with Crippen LogP contribution in [0.5, 0.6) is 0 Å². The van der Waals surface area contributed by atoms with Crippen molar-refractivity contribution in [3.05, 3.63) is 35.9 Å². The Morgan fingerprint density at radius 2 is 2.11 bits per heavy atom. The fraction of sp³-hybridized carbons (Fsp3) is 0.500. The number of hydrogen-bond donors (Lipinski definition) is 1. The summed E-state index contributed by atoms with van der Waals surface area (Å²) in [6, 6.07) is 9.79. The minimum atomic E-state index is -0.368. The minimum absolute atomic E-state index is 0.0294. The molecule has 1 amide bonds. The van der Waals surface area contributed by atoms with Gasteiger partial charge >= 0.3 is 6.09 Å². The van der Waals surface area contributed by atoms with Crippen molar-refractivity contribution in [1.82, 2.24) is 4.90 Å². The van der Waals surface area contributed by atoms with Crippen LogP contribution in [0.3, 0.4) is 0 Å². The first-order chi connectivity index (χ1) is 8.75. The molecule has 4 heteroatoms. The number of rotatable bonds is 2. The number of hydrogen-bond acceptors (Lipinski definition) is 3. The van der Waals surface area contributed by atoms with E-state index in [4.69, 9.17) is 4.74 Å². The number of fused-ring (bicyclic) bond motifs is 2. The van der Waals surface area contributed by atoms with Crippen LogP contribution >= 0.6 is 0 Å². The number of amides is 1. The number of aliphatic hydroxyl groups is 1. The van der Waals surface area contributed by atoms with E-state index in [1.54, 1.807) is 4.90 Å². The van der Waals surface area contributed by atoms with E-state index in [9.17, 15) is 9.90 Å². The summed E-state index contributed by atoms with van der Waals surface area (Å²) in [5.41, 5.74) is 0.984. The predicted octanol–water partition coefficient (Wildman–Crippen LogP) is 1.92. The second kappa shape index (κ2) is 4.61. The van der Waals surface area contributed by atoms with Gasteiger partial charge in [0.25, 0.3) is 0 Å². The van der Waals surface area contributed by atoms with Crippen molar-refractivity contribution >= 4 is 6.09 Å². The van der Waals surface area contributed by atoms with Gasteiger partial charge in [0.15, 0.2) is 0 Å². The maximum absolute atomic E-state index is 12.0. The Morgan fingerprint density at radius 3 is 2.72 bits per heavy atom. The molecule has 18 heavy (non-hydrogen) atoms. The van der Waals surface area contributed by atoms with Crippen molar-refractivity contribution in [3.63, 3.8) is 0 Å². The highest BCUT2D eigenvalue weighted by molar-refractivity contribution is 5.69. The molecule has 0 spiro atoms. The molecule has 0 radical (unpaired) electrons. The van der Waals surface area contributed by atoms with Crippen LogP contribution in [0.4, 0.5) is 4.79 Å². The van der Waals surface area contributed by atoms with Gasteiger partial charge in [-0.25, -0.2) is 4.79 Å². The SMILES string of the molecule is O=C(OCc1ccccc1)N1[C@@H]2CC[C@H]1[C@@H](O)C2. The van der Waals surface area contributed by atoms with Gasteiger partial charge < -0.3 is 9.84 Å². The van der Waals surface area contributed by atoms with Gasteiger partial charge in [-0.05, 0) is 24.8 Å². The van der Waals surface area contributed by atoms with Gasteiger partial charge in [-0.1, -0.05) is 30.3 Å². The lowest BCUT2D eigenvalue weighted by molar-refractivity contribution is 0.0765. The standard InChI is InChI=1S/C14H17NO3/c16-13-8-11-6-7-12(13)15(11)14(17)18-9-10-4-2-1-3-5-10/h1-5,11-13,16H,6-9H2/t11-,12+,13+/m1/s1. The second-order valence-corrected chi connectivity index (χ2v) is 5.05. The van der Waals surface area contributed by atoms with Gasteiger partial charge in [-0.15, -0.1) is 0 Å². The van der Waals surface area contributed by atoms with Crippen LogP contribution < -0.4 is 0 Å². The molecule has 0 aromatic heterocycles. The van der Waals surface area contributed by atoms with E-state index < -0.39 is 0 Å². The van der Waals surface area contributed by atoms with Crippen molar-refractivity contribution in [1.29, 1.82) is 0 Å². The van der Waals surface area contributed by atoms with Crippen molar-refractivity contribution in [3.8, 4) is 0 Å². The molecule has 2 fully saturated rings. The van der Waals surface area contributed by atoms with Crippen molar-refractivity contribution in [2.75, 3.05) is 0 Å². The van der Waals surface area contributed by atoms with E-state index in [1.807, 2.05) is 30.3 Å². The summed E-state index contributed by atoms with van der Waals surface area (Å²) in [5, 5.41) is 9.77.